The highest BCUT2D eigenvalue weighted by molar-refractivity contribution is 5.95. The molecule has 2 aromatic heterocycles. The molecule has 0 fully saturated rings. The van der Waals surface area contributed by atoms with Crippen molar-refractivity contribution in [1.82, 2.24) is 24.8 Å². The Morgan fingerprint density at radius 3 is 2.46 bits per heavy atom. The summed E-state index contributed by atoms with van der Waals surface area (Å²) in [6.07, 6.45) is 4.55. The summed E-state index contributed by atoms with van der Waals surface area (Å²) in [5, 5.41) is 7.07. The second-order valence-electron chi connectivity index (χ2n) is 8.66. The third kappa shape index (κ3) is 5.92. The van der Waals surface area contributed by atoms with E-state index in [1.807, 2.05) is 55.2 Å². The molecule has 0 spiro atoms. The van der Waals surface area contributed by atoms with E-state index in [-0.39, 0.29) is 5.91 Å². The predicted molar refractivity (Wildman–Crippen MR) is 144 cm³/mol. The zero-order chi connectivity index (χ0) is 26.4. The minimum atomic E-state index is -0.101. The highest BCUT2D eigenvalue weighted by Crippen LogP contribution is 2.40. The van der Waals surface area contributed by atoms with E-state index in [0.29, 0.717) is 46.6 Å². The van der Waals surface area contributed by atoms with Crippen molar-refractivity contribution in [3.63, 3.8) is 0 Å². The van der Waals surface area contributed by atoms with Gasteiger partial charge in [-0.25, -0.2) is 4.98 Å². The van der Waals surface area contributed by atoms with Crippen molar-refractivity contribution in [2.45, 2.75) is 6.42 Å². The van der Waals surface area contributed by atoms with Crippen LogP contribution in [0.25, 0.3) is 16.7 Å². The number of nitrogens with one attached hydrogen (secondary N) is 2. The Balaban J connectivity index is 1.58. The largest absolute Gasteiger partial charge is 0.493 e. The van der Waals surface area contributed by atoms with Crippen molar-refractivity contribution in [2.75, 3.05) is 53.8 Å². The van der Waals surface area contributed by atoms with Crippen LogP contribution in [0, 0.1) is 0 Å². The quantitative estimate of drug-likeness (QED) is 0.297. The Morgan fingerprint density at radius 2 is 1.78 bits per heavy atom. The van der Waals surface area contributed by atoms with E-state index in [2.05, 4.69) is 20.5 Å². The SMILES string of the molecule is COc1cc(Nc2ncc3ccn(-c4cccc(C(=O)NCCCN(C)C)c4)c3n2)cc(OC)c1OC. The standard InChI is InChI=1S/C27H32N6O4/c1-32(2)12-7-11-28-26(34)18-8-6-9-21(14-18)33-13-10-19-17-29-27(31-25(19)33)30-20-15-22(35-3)24(37-5)23(16-20)36-4/h6,8-10,13-17H,7,11-12H2,1-5H3,(H,28,34)(H,29,30,31). The number of hydrogen-bond donors (Lipinski definition) is 2. The van der Waals surface area contributed by atoms with Crippen molar-refractivity contribution < 1.29 is 19.0 Å². The number of amides is 1. The summed E-state index contributed by atoms with van der Waals surface area (Å²) in [6.45, 7) is 1.54. The van der Waals surface area contributed by atoms with E-state index in [4.69, 9.17) is 19.2 Å². The average Bonchev–Trinajstić information content (AvgIpc) is 3.33. The summed E-state index contributed by atoms with van der Waals surface area (Å²) < 4.78 is 18.2. The Labute approximate surface area is 216 Å². The number of rotatable bonds is 11. The molecule has 2 heterocycles. The maximum atomic E-state index is 12.7. The molecule has 0 aliphatic heterocycles. The normalized spacial score (nSPS) is 11.0. The average molecular weight is 505 g/mol. The lowest BCUT2D eigenvalue weighted by atomic mass is 10.2. The van der Waals surface area contributed by atoms with Gasteiger partial charge in [-0.2, -0.15) is 4.98 Å². The van der Waals surface area contributed by atoms with Gasteiger partial charge in [0.2, 0.25) is 11.7 Å². The minimum Gasteiger partial charge on any atom is -0.493 e. The fourth-order valence-corrected chi connectivity index (χ4v) is 3.97. The number of methoxy groups -OCH3 is 3. The molecule has 0 atom stereocenters. The highest BCUT2D eigenvalue weighted by atomic mass is 16.5. The molecule has 0 aliphatic carbocycles. The van der Waals surface area contributed by atoms with Crippen molar-refractivity contribution >= 4 is 28.6 Å². The summed E-state index contributed by atoms with van der Waals surface area (Å²) >= 11 is 0. The van der Waals surface area contributed by atoms with Gasteiger partial charge in [0.15, 0.2) is 11.5 Å². The number of nitrogens with zero attached hydrogens (tertiary/aromatic N) is 4. The maximum Gasteiger partial charge on any atom is 0.251 e. The molecule has 0 aliphatic rings. The molecule has 37 heavy (non-hydrogen) atoms. The number of carbonyl (C=O) groups excluding carboxylic acids is 1. The lowest BCUT2D eigenvalue weighted by molar-refractivity contribution is 0.0952. The molecule has 194 valence electrons. The molecule has 0 bridgehead atoms. The van der Waals surface area contributed by atoms with Gasteiger partial charge in [0.1, 0.15) is 5.65 Å². The molecule has 0 radical (unpaired) electrons. The monoisotopic (exact) mass is 504 g/mol. The van der Waals surface area contributed by atoms with Gasteiger partial charge in [-0.05, 0) is 51.3 Å². The van der Waals surface area contributed by atoms with Crippen LogP contribution in [-0.2, 0) is 0 Å². The highest BCUT2D eigenvalue weighted by Gasteiger charge is 2.15. The van der Waals surface area contributed by atoms with Gasteiger partial charge in [0.25, 0.3) is 5.91 Å². The topological polar surface area (TPSA) is 103 Å². The van der Waals surface area contributed by atoms with Crippen LogP contribution in [0.3, 0.4) is 0 Å². The maximum absolute atomic E-state index is 12.7. The van der Waals surface area contributed by atoms with Gasteiger partial charge in [-0.1, -0.05) is 6.07 Å². The predicted octanol–water partition coefficient (Wildman–Crippen LogP) is 3.87. The van der Waals surface area contributed by atoms with Gasteiger partial charge >= 0.3 is 0 Å². The van der Waals surface area contributed by atoms with E-state index in [9.17, 15) is 4.79 Å². The Bertz CT molecular complexity index is 1360. The fourth-order valence-electron chi connectivity index (χ4n) is 3.97. The van der Waals surface area contributed by atoms with Crippen molar-refractivity contribution in [3.05, 3.63) is 60.4 Å². The first-order valence-electron chi connectivity index (χ1n) is 11.9. The van der Waals surface area contributed by atoms with Gasteiger partial charge in [-0.15, -0.1) is 0 Å². The third-order valence-corrected chi connectivity index (χ3v) is 5.80. The van der Waals surface area contributed by atoms with Gasteiger partial charge < -0.3 is 34.3 Å². The van der Waals surface area contributed by atoms with E-state index in [0.717, 1.165) is 24.0 Å². The van der Waals surface area contributed by atoms with E-state index >= 15 is 0 Å². The molecular formula is C27H32N6O4. The fraction of sp³-hybridized carbons (Fsp3) is 0.296. The minimum absolute atomic E-state index is 0.101. The van der Waals surface area contributed by atoms with Crippen molar-refractivity contribution in [2.24, 2.45) is 0 Å². The Kier molecular flexibility index (Phi) is 8.09. The molecule has 4 aromatic rings. The van der Waals surface area contributed by atoms with E-state index in [1.54, 1.807) is 39.7 Å². The lowest BCUT2D eigenvalue weighted by Crippen LogP contribution is -2.27. The molecule has 0 unspecified atom stereocenters. The number of benzene rings is 2. The van der Waals surface area contributed by atoms with Crippen LogP contribution in [-0.4, -0.2) is 73.9 Å². The van der Waals surface area contributed by atoms with Crippen LogP contribution in [0.2, 0.25) is 0 Å². The molecule has 0 saturated carbocycles. The second kappa shape index (κ2) is 11.6. The Hall–Kier alpha value is -4.31. The van der Waals surface area contributed by atoms with Crippen LogP contribution in [0.5, 0.6) is 17.2 Å². The smallest absolute Gasteiger partial charge is 0.251 e. The summed E-state index contributed by atoms with van der Waals surface area (Å²) in [6, 6.07) is 13.0. The first-order chi connectivity index (χ1) is 17.9. The molecule has 0 saturated heterocycles. The van der Waals surface area contributed by atoms with Crippen LogP contribution >= 0.6 is 0 Å². The molecule has 2 N–H and O–H groups in total. The van der Waals surface area contributed by atoms with Crippen molar-refractivity contribution in [1.29, 1.82) is 0 Å². The zero-order valence-corrected chi connectivity index (χ0v) is 21.7. The molecule has 4 rings (SSSR count). The zero-order valence-electron chi connectivity index (χ0n) is 21.7. The lowest BCUT2D eigenvalue weighted by Gasteiger charge is -2.14. The van der Waals surface area contributed by atoms with E-state index < -0.39 is 0 Å². The summed E-state index contributed by atoms with van der Waals surface area (Å²) in [4.78, 5) is 24.0. The third-order valence-electron chi connectivity index (χ3n) is 5.80. The Morgan fingerprint density at radius 1 is 1.03 bits per heavy atom. The molecule has 1 amide bonds. The van der Waals surface area contributed by atoms with Crippen LogP contribution in [0.1, 0.15) is 16.8 Å². The van der Waals surface area contributed by atoms with Gasteiger partial charge in [-0.3, -0.25) is 4.79 Å². The van der Waals surface area contributed by atoms with Gasteiger partial charge in [0, 0.05) is 53.4 Å². The number of aromatic nitrogens is 3. The summed E-state index contributed by atoms with van der Waals surface area (Å²) in [7, 11) is 8.72. The van der Waals surface area contributed by atoms with Crippen LogP contribution in [0.4, 0.5) is 11.6 Å². The van der Waals surface area contributed by atoms with Crippen LogP contribution in [0.15, 0.2) is 54.9 Å². The number of carbonyl (C=O) groups is 1. The first-order valence-corrected chi connectivity index (χ1v) is 11.9. The molecule has 10 heteroatoms. The molecule has 10 nitrogen and oxygen atoms in total. The molecular weight excluding hydrogens is 472 g/mol. The molecule has 2 aromatic carbocycles. The number of ether oxygens (including phenoxy) is 3. The number of hydrogen-bond acceptors (Lipinski definition) is 8. The summed E-state index contributed by atoms with van der Waals surface area (Å²) in [5.74, 6) is 1.84. The summed E-state index contributed by atoms with van der Waals surface area (Å²) in [5.41, 5.74) is 2.80. The van der Waals surface area contributed by atoms with Gasteiger partial charge in [0.05, 0.1) is 21.3 Å². The van der Waals surface area contributed by atoms with Crippen LogP contribution < -0.4 is 24.8 Å². The van der Waals surface area contributed by atoms with E-state index in [1.165, 1.54) is 0 Å². The first kappa shape index (κ1) is 25.8. The number of fused-ring (bicyclic) bond motifs is 1. The van der Waals surface area contributed by atoms with Crippen molar-refractivity contribution in [3.8, 4) is 22.9 Å². The number of anilines is 2. The second-order valence-corrected chi connectivity index (χ2v) is 8.66.